The molecule has 0 aliphatic carbocycles. The van der Waals surface area contributed by atoms with Crippen LogP contribution >= 0.6 is 0 Å². The zero-order valence-electron chi connectivity index (χ0n) is 10.4. The number of hydrogen-bond donors (Lipinski definition) is 3. The molecular weight excluding hydrogens is 216 g/mol. The number of aromatic nitrogens is 1. The molecule has 0 saturated carbocycles. The maximum atomic E-state index is 9.91. The molecule has 0 spiro atoms. The number of pyridine rings is 1. The number of aryl methyl sites for hydroxylation is 1. The van der Waals surface area contributed by atoms with Crippen LogP contribution in [0.1, 0.15) is 30.7 Å². The number of nitrogens with zero attached hydrogens (tertiary/aromatic N) is 1. The second-order valence-electron chi connectivity index (χ2n) is 4.48. The van der Waals surface area contributed by atoms with Crippen molar-refractivity contribution in [1.82, 2.24) is 10.3 Å². The van der Waals surface area contributed by atoms with Crippen LogP contribution in [0.5, 0.6) is 5.75 Å². The Morgan fingerprint density at radius 3 is 2.71 bits per heavy atom. The predicted molar refractivity (Wildman–Crippen MR) is 66.3 cm³/mol. The van der Waals surface area contributed by atoms with Gasteiger partial charge in [0.05, 0.1) is 17.8 Å². The predicted octanol–water partition coefficient (Wildman–Crippen LogP) is 1.09. The zero-order chi connectivity index (χ0) is 13.1. The quantitative estimate of drug-likeness (QED) is 0.682. The lowest BCUT2D eigenvalue weighted by Crippen LogP contribution is -2.37. The van der Waals surface area contributed by atoms with E-state index in [2.05, 4.69) is 16.2 Å². The second-order valence-corrected chi connectivity index (χ2v) is 4.48. The lowest BCUT2D eigenvalue weighted by molar-refractivity contribution is 0.278. The molecule has 0 atom stereocenters. The van der Waals surface area contributed by atoms with Crippen LogP contribution in [0, 0.1) is 19.3 Å². The van der Waals surface area contributed by atoms with Gasteiger partial charge in [-0.2, -0.15) is 0 Å². The highest BCUT2D eigenvalue weighted by molar-refractivity contribution is 5.40. The number of terminal acetylenes is 1. The molecule has 1 heterocycles. The average molecular weight is 234 g/mol. The number of aliphatic hydroxyl groups excluding tert-OH is 1. The molecule has 0 fully saturated rings. The summed E-state index contributed by atoms with van der Waals surface area (Å²) in [5.74, 6) is 2.72. The maximum absolute atomic E-state index is 9.91. The SMILES string of the molecule is C#CC(C)(C)NCc1c(CO)cnc(C)c1O. The molecule has 4 heteroatoms. The van der Waals surface area contributed by atoms with Crippen LogP contribution in [0.2, 0.25) is 0 Å². The van der Waals surface area contributed by atoms with Crippen molar-refractivity contribution < 1.29 is 10.2 Å². The molecule has 4 nitrogen and oxygen atoms in total. The first-order valence-electron chi connectivity index (χ1n) is 5.41. The molecule has 0 unspecified atom stereocenters. The number of rotatable bonds is 4. The fourth-order valence-corrected chi connectivity index (χ4v) is 1.38. The van der Waals surface area contributed by atoms with E-state index >= 15 is 0 Å². The highest BCUT2D eigenvalue weighted by atomic mass is 16.3. The number of aliphatic hydroxyl groups is 1. The Morgan fingerprint density at radius 1 is 1.53 bits per heavy atom. The summed E-state index contributed by atoms with van der Waals surface area (Å²) in [7, 11) is 0. The highest BCUT2D eigenvalue weighted by Crippen LogP contribution is 2.24. The molecule has 0 saturated heterocycles. The van der Waals surface area contributed by atoms with Crippen LogP contribution in [0.4, 0.5) is 0 Å². The monoisotopic (exact) mass is 234 g/mol. The first-order valence-corrected chi connectivity index (χ1v) is 5.41. The van der Waals surface area contributed by atoms with Crippen molar-refractivity contribution in [2.75, 3.05) is 0 Å². The highest BCUT2D eigenvalue weighted by Gasteiger charge is 2.16. The van der Waals surface area contributed by atoms with Crippen molar-refractivity contribution >= 4 is 0 Å². The minimum Gasteiger partial charge on any atom is -0.506 e. The van der Waals surface area contributed by atoms with E-state index in [1.165, 1.54) is 0 Å². The molecule has 0 radical (unpaired) electrons. The van der Waals surface area contributed by atoms with E-state index in [0.29, 0.717) is 23.4 Å². The Bertz CT molecular complexity index is 447. The topological polar surface area (TPSA) is 65.4 Å². The molecular formula is C13H18N2O2. The van der Waals surface area contributed by atoms with E-state index < -0.39 is 5.54 Å². The summed E-state index contributed by atoms with van der Waals surface area (Å²) >= 11 is 0. The fraction of sp³-hybridized carbons (Fsp3) is 0.462. The van der Waals surface area contributed by atoms with Crippen LogP contribution in [0.3, 0.4) is 0 Å². The molecule has 3 N–H and O–H groups in total. The van der Waals surface area contributed by atoms with Crippen LogP contribution in [0.25, 0.3) is 0 Å². The molecule has 92 valence electrons. The summed E-state index contributed by atoms with van der Waals surface area (Å²) in [6.07, 6.45) is 6.94. The molecule has 0 bridgehead atoms. The minimum atomic E-state index is -0.462. The standard InChI is InChI=1S/C13H18N2O2/c1-5-13(3,4)15-7-11-10(8-16)6-14-9(2)12(11)17/h1,6,15-17H,7-8H2,2-4H3. The smallest absolute Gasteiger partial charge is 0.141 e. The van der Waals surface area contributed by atoms with Gasteiger partial charge in [0.25, 0.3) is 0 Å². The van der Waals surface area contributed by atoms with Gasteiger partial charge in [0.2, 0.25) is 0 Å². The van der Waals surface area contributed by atoms with Gasteiger partial charge in [0, 0.05) is 23.9 Å². The number of nitrogens with one attached hydrogen (secondary N) is 1. The third kappa shape index (κ3) is 3.19. The van der Waals surface area contributed by atoms with E-state index in [-0.39, 0.29) is 12.4 Å². The van der Waals surface area contributed by atoms with Crippen molar-refractivity contribution in [3.63, 3.8) is 0 Å². The second kappa shape index (κ2) is 5.17. The van der Waals surface area contributed by atoms with Crippen molar-refractivity contribution in [3.05, 3.63) is 23.0 Å². The number of aromatic hydroxyl groups is 1. The Balaban J connectivity index is 2.98. The summed E-state index contributed by atoms with van der Waals surface area (Å²) in [5, 5.41) is 22.2. The van der Waals surface area contributed by atoms with Crippen LogP contribution < -0.4 is 5.32 Å². The fourth-order valence-electron chi connectivity index (χ4n) is 1.38. The van der Waals surface area contributed by atoms with E-state index in [0.717, 1.165) is 0 Å². The Morgan fingerprint density at radius 2 is 2.18 bits per heavy atom. The summed E-state index contributed by atoms with van der Waals surface area (Å²) in [6, 6.07) is 0. The van der Waals surface area contributed by atoms with Crippen LogP contribution in [-0.4, -0.2) is 20.7 Å². The Hall–Kier alpha value is -1.57. The number of hydrogen-bond acceptors (Lipinski definition) is 4. The van der Waals surface area contributed by atoms with Crippen LogP contribution in [0.15, 0.2) is 6.20 Å². The summed E-state index contributed by atoms with van der Waals surface area (Å²) in [4.78, 5) is 4.00. The van der Waals surface area contributed by atoms with Gasteiger partial charge in [-0.05, 0) is 20.8 Å². The average Bonchev–Trinajstić information content (AvgIpc) is 2.31. The van der Waals surface area contributed by atoms with Crippen molar-refractivity contribution in [1.29, 1.82) is 0 Å². The molecule has 0 amide bonds. The van der Waals surface area contributed by atoms with Crippen molar-refractivity contribution in [2.45, 2.75) is 39.5 Å². The van der Waals surface area contributed by atoms with Crippen molar-refractivity contribution in [2.24, 2.45) is 0 Å². The van der Waals surface area contributed by atoms with Gasteiger partial charge in [-0.15, -0.1) is 6.42 Å². The first kappa shape index (κ1) is 13.5. The molecule has 17 heavy (non-hydrogen) atoms. The summed E-state index contributed by atoms with van der Waals surface area (Å²) < 4.78 is 0. The third-order valence-corrected chi connectivity index (χ3v) is 2.67. The summed E-state index contributed by atoms with van der Waals surface area (Å²) in [5.41, 5.74) is 1.32. The van der Waals surface area contributed by atoms with Gasteiger partial charge in [-0.25, -0.2) is 0 Å². The van der Waals surface area contributed by atoms with Crippen LogP contribution in [-0.2, 0) is 13.2 Å². The van der Waals surface area contributed by atoms with Gasteiger partial charge >= 0.3 is 0 Å². The maximum Gasteiger partial charge on any atom is 0.141 e. The summed E-state index contributed by atoms with van der Waals surface area (Å²) in [6.45, 7) is 5.69. The molecule has 0 aliphatic heterocycles. The van der Waals surface area contributed by atoms with Crippen molar-refractivity contribution in [3.8, 4) is 18.1 Å². The molecule has 1 aromatic heterocycles. The lowest BCUT2D eigenvalue weighted by Gasteiger charge is -2.21. The van der Waals surface area contributed by atoms with E-state index in [1.54, 1.807) is 13.1 Å². The molecule has 0 aliphatic rings. The molecule has 0 aromatic carbocycles. The zero-order valence-corrected chi connectivity index (χ0v) is 10.4. The molecule has 1 rings (SSSR count). The normalized spacial score (nSPS) is 11.2. The van der Waals surface area contributed by atoms with Gasteiger partial charge < -0.3 is 10.2 Å². The van der Waals surface area contributed by atoms with Gasteiger partial charge in [-0.1, -0.05) is 5.92 Å². The Kier molecular flexibility index (Phi) is 4.11. The van der Waals surface area contributed by atoms with E-state index in [4.69, 9.17) is 6.42 Å². The molecule has 1 aromatic rings. The van der Waals surface area contributed by atoms with E-state index in [9.17, 15) is 10.2 Å². The van der Waals surface area contributed by atoms with Gasteiger partial charge in [0.1, 0.15) is 5.75 Å². The lowest BCUT2D eigenvalue weighted by atomic mass is 10.0. The minimum absolute atomic E-state index is 0.108. The first-order chi connectivity index (χ1) is 7.91. The van der Waals surface area contributed by atoms with Gasteiger partial charge in [-0.3, -0.25) is 10.3 Å². The largest absolute Gasteiger partial charge is 0.506 e. The van der Waals surface area contributed by atoms with Gasteiger partial charge in [0.15, 0.2) is 0 Å². The Labute approximate surface area is 102 Å². The van der Waals surface area contributed by atoms with E-state index in [1.807, 2.05) is 13.8 Å². The third-order valence-electron chi connectivity index (χ3n) is 2.67.